The number of likely N-dealkylation sites (tertiary alicyclic amines) is 1. The number of ether oxygens (including phenoxy) is 1. The van der Waals surface area contributed by atoms with Crippen molar-refractivity contribution in [1.82, 2.24) is 13.9 Å². The van der Waals surface area contributed by atoms with Gasteiger partial charge in [-0.15, -0.1) is 0 Å². The fourth-order valence-corrected chi connectivity index (χ4v) is 8.15. The summed E-state index contributed by atoms with van der Waals surface area (Å²) in [6.07, 6.45) is 4.24. The third-order valence-electron chi connectivity index (χ3n) is 8.21. The summed E-state index contributed by atoms with van der Waals surface area (Å²) in [5, 5.41) is 1.70. The van der Waals surface area contributed by atoms with Crippen molar-refractivity contribution >= 4 is 27.9 Å². The standard InChI is InChI=1S/C29H37N3O4S2/c1-2-37-30-20-25-9-6-16-32(25)38(34,35)26-12-10-24(11-13-26)27(19-23-7-4-3-5-8-23)28(33)31-17-14-29(21-31)15-18-36-22-29/h2-5,7-8,10-13,25,27,30H,1,6,9,14-22H2/t25-,27?,29?/m1/s1. The molecule has 5 rings (SSSR count). The summed E-state index contributed by atoms with van der Waals surface area (Å²) >= 11 is 1.38. The molecule has 3 aliphatic heterocycles. The van der Waals surface area contributed by atoms with Crippen LogP contribution in [0, 0.1) is 5.41 Å². The summed E-state index contributed by atoms with van der Waals surface area (Å²) in [6.45, 7) is 7.75. The first kappa shape index (κ1) is 27.4. The van der Waals surface area contributed by atoms with Gasteiger partial charge < -0.3 is 9.64 Å². The van der Waals surface area contributed by atoms with E-state index in [2.05, 4.69) is 11.3 Å². The van der Waals surface area contributed by atoms with E-state index in [1.165, 1.54) is 11.9 Å². The van der Waals surface area contributed by atoms with Crippen LogP contribution in [0.3, 0.4) is 0 Å². The predicted octanol–water partition coefficient (Wildman–Crippen LogP) is 4.19. The summed E-state index contributed by atoms with van der Waals surface area (Å²) in [5.74, 6) is -0.259. The van der Waals surface area contributed by atoms with Gasteiger partial charge in [-0.25, -0.2) is 8.42 Å². The summed E-state index contributed by atoms with van der Waals surface area (Å²) in [5.41, 5.74) is 2.03. The third-order valence-corrected chi connectivity index (χ3v) is 10.7. The van der Waals surface area contributed by atoms with Crippen LogP contribution in [0.15, 0.2) is 71.5 Å². The van der Waals surface area contributed by atoms with Gasteiger partial charge in [-0.2, -0.15) is 4.31 Å². The minimum atomic E-state index is -3.63. The minimum absolute atomic E-state index is 0.0819. The Bertz CT molecular complexity index is 1210. The zero-order valence-corrected chi connectivity index (χ0v) is 23.4. The summed E-state index contributed by atoms with van der Waals surface area (Å²) in [6, 6.07) is 17.0. The van der Waals surface area contributed by atoms with Crippen LogP contribution in [0.25, 0.3) is 0 Å². The van der Waals surface area contributed by atoms with Crippen molar-refractivity contribution in [2.24, 2.45) is 5.41 Å². The molecule has 0 aromatic heterocycles. The summed E-state index contributed by atoms with van der Waals surface area (Å²) < 4.78 is 37.5. The molecule has 3 saturated heterocycles. The van der Waals surface area contributed by atoms with E-state index < -0.39 is 10.0 Å². The van der Waals surface area contributed by atoms with Crippen molar-refractivity contribution in [3.05, 3.63) is 77.7 Å². The molecule has 0 bridgehead atoms. The number of hydrogen-bond acceptors (Lipinski definition) is 6. The molecule has 204 valence electrons. The molecule has 1 N–H and O–H groups in total. The Kier molecular flexibility index (Phi) is 8.59. The molecule has 3 atom stereocenters. The molecule has 1 amide bonds. The molecule has 1 spiro atoms. The lowest BCUT2D eigenvalue weighted by Crippen LogP contribution is -2.40. The molecule has 2 unspecified atom stereocenters. The van der Waals surface area contributed by atoms with Gasteiger partial charge in [-0.3, -0.25) is 9.52 Å². The first-order valence-electron chi connectivity index (χ1n) is 13.4. The highest BCUT2D eigenvalue weighted by Gasteiger charge is 2.44. The van der Waals surface area contributed by atoms with E-state index in [9.17, 15) is 13.2 Å². The van der Waals surface area contributed by atoms with Crippen molar-refractivity contribution in [2.45, 2.75) is 49.0 Å². The molecule has 3 fully saturated rings. The van der Waals surface area contributed by atoms with Crippen LogP contribution < -0.4 is 4.72 Å². The SMILES string of the molecule is C=CSNC[C@H]1CCCN1S(=O)(=O)c1ccc(C(Cc2ccccc2)C(=O)N2CCC3(CCOC3)C2)cc1. The second-order valence-corrected chi connectivity index (χ2v) is 13.4. The van der Waals surface area contributed by atoms with Crippen LogP contribution in [0.2, 0.25) is 0 Å². The van der Waals surface area contributed by atoms with Crippen molar-refractivity contribution in [1.29, 1.82) is 0 Å². The molecule has 38 heavy (non-hydrogen) atoms. The number of sulfonamides is 1. The van der Waals surface area contributed by atoms with E-state index in [1.807, 2.05) is 47.4 Å². The Morgan fingerprint density at radius 2 is 1.95 bits per heavy atom. The zero-order chi connectivity index (χ0) is 26.6. The van der Waals surface area contributed by atoms with Crippen LogP contribution in [-0.4, -0.2) is 69.0 Å². The number of carbonyl (C=O) groups excluding carboxylic acids is 1. The Hall–Kier alpha value is -2.17. The largest absolute Gasteiger partial charge is 0.381 e. The van der Waals surface area contributed by atoms with Gasteiger partial charge in [0.15, 0.2) is 0 Å². The maximum absolute atomic E-state index is 13.9. The molecule has 3 heterocycles. The second kappa shape index (κ2) is 11.9. The van der Waals surface area contributed by atoms with E-state index in [4.69, 9.17) is 4.74 Å². The molecule has 0 aliphatic carbocycles. The third kappa shape index (κ3) is 5.87. The van der Waals surface area contributed by atoms with Gasteiger partial charge in [0, 0.05) is 44.2 Å². The van der Waals surface area contributed by atoms with Crippen molar-refractivity contribution in [2.75, 3.05) is 39.4 Å². The average Bonchev–Trinajstić information content (AvgIpc) is 3.70. The fourth-order valence-electron chi connectivity index (χ4n) is 6.05. The molecular formula is C29H37N3O4S2. The number of carbonyl (C=O) groups is 1. The molecule has 0 radical (unpaired) electrons. The fraction of sp³-hybridized carbons (Fsp3) is 0.483. The smallest absolute Gasteiger partial charge is 0.243 e. The van der Waals surface area contributed by atoms with Crippen LogP contribution in [0.5, 0.6) is 0 Å². The lowest BCUT2D eigenvalue weighted by atomic mass is 9.86. The van der Waals surface area contributed by atoms with Crippen LogP contribution >= 0.6 is 11.9 Å². The first-order valence-corrected chi connectivity index (χ1v) is 15.8. The van der Waals surface area contributed by atoms with Gasteiger partial charge in [0.1, 0.15) is 0 Å². The summed E-state index contributed by atoms with van der Waals surface area (Å²) in [7, 11) is -3.63. The predicted molar refractivity (Wildman–Crippen MR) is 151 cm³/mol. The van der Waals surface area contributed by atoms with Crippen LogP contribution in [0.1, 0.15) is 42.7 Å². The van der Waals surface area contributed by atoms with Crippen molar-refractivity contribution < 1.29 is 17.9 Å². The van der Waals surface area contributed by atoms with Gasteiger partial charge in [-0.05, 0) is 60.8 Å². The van der Waals surface area contributed by atoms with Gasteiger partial charge >= 0.3 is 0 Å². The molecular weight excluding hydrogens is 518 g/mol. The average molecular weight is 556 g/mol. The monoisotopic (exact) mass is 555 g/mol. The molecule has 3 aliphatic rings. The number of rotatable bonds is 10. The molecule has 7 nitrogen and oxygen atoms in total. The number of nitrogens with one attached hydrogen (secondary N) is 1. The maximum atomic E-state index is 13.9. The minimum Gasteiger partial charge on any atom is -0.381 e. The van der Waals surface area contributed by atoms with Gasteiger partial charge in [0.05, 0.1) is 17.4 Å². The van der Waals surface area contributed by atoms with E-state index in [0.717, 1.165) is 63.1 Å². The Morgan fingerprint density at radius 3 is 2.66 bits per heavy atom. The highest BCUT2D eigenvalue weighted by Crippen LogP contribution is 2.39. The number of amides is 1. The van der Waals surface area contributed by atoms with Gasteiger partial charge in [-0.1, -0.05) is 61.0 Å². The zero-order valence-electron chi connectivity index (χ0n) is 21.8. The van der Waals surface area contributed by atoms with E-state index >= 15 is 0 Å². The molecule has 9 heteroatoms. The lowest BCUT2D eigenvalue weighted by molar-refractivity contribution is -0.132. The van der Waals surface area contributed by atoms with Gasteiger partial charge in [0.2, 0.25) is 15.9 Å². The van der Waals surface area contributed by atoms with Gasteiger partial charge in [0.25, 0.3) is 0 Å². The Balaban J connectivity index is 1.36. The first-order chi connectivity index (χ1) is 18.4. The number of nitrogens with zero attached hydrogens (tertiary/aromatic N) is 2. The summed E-state index contributed by atoms with van der Waals surface area (Å²) in [4.78, 5) is 16.2. The normalized spacial score (nSPS) is 24.7. The molecule has 2 aromatic carbocycles. The Labute approximate surface area is 230 Å². The van der Waals surface area contributed by atoms with E-state index in [1.54, 1.807) is 21.8 Å². The second-order valence-electron chi connectivity index (χ2n) is 10.7. The lowest BCUT2D eigenvalue weighted by Gasteiger charge is -2.27. The molecule has 2 aromatic rings. The number of benzene rings is 2. The highest BCUT2D eigenvalue weighted by atomic mass is 32.2. The van der Waals surface area contributed by atoms with Crippen molar-refractivity contribution in [3.63, 3.8) is 0 Å². The van der Waals surface area contributed by atoms with Crippen LogP contribution in [0.4, 0.5) is 0 Å². The topological polar surface area (TPSA) is 79.0 Å². The van der Waals surface area contributed by atoms with Crippen LogP contribution in [-0.2, 0) is 26.0 Å². The molecule has 0 saturated carbocycles. The van der Waals surface area contributed by atoms with Crippen molar-refractivity contribution in [3.8, 4) is 0 Å². The van der Waals surface area contributed by atoms with E-state index in [0.29, 0.717) is 19.5 Å². The quantitative estimate of drug-likeness (QED) is 0.350. The Morgan fingerprint density at radius 1 is 1.16 bits per heavy atom. The van der Waals surface area contributed by atoms with E-state index in [-0.39, 0.29) is 28.2 Å². The highest BCUT2D eigenvalue weighted by molar-refractivity contribution is 8.00. The number of hydrogen-bond donors (Lipinski definition) is 1. The maximum Gasteiger partial charge on any atom is 0.243 e.